The molecule has 0 heterocycles. The number of nitrogen functional groups attached to an aromatic ring is 1. The van der Waals surface area contributed by atoms with Gasteiger partial charge in [-0.1, -0.05) is 17.7 Å². The maximum absolute atomic E-state index is 12.1. The van der Waals surface area contributed by atoms with Crippen LogP contribution >= 0.6 is 11.6 Å². The molecule has 100 valence electrons. The highest BCUT2D eigenvalue weighted by Gasteiger charge is 2.30. The minimum absolute atomic E-state index is 0.0517. The zero-order valence-corrected chi connectivity index (χ0v) is 10.3. The van der Waals surface area contributed by atoms with Gasteiger partial charge in [0.05, 0.1) is 22.7 Å². The van der Waals surface area contributed by atoms with Crippen molar-refractivity contribution in [2.75, 3.05) is 5.73 Å². The van der Waals surface area contributed by atoms with Gasteiger partial charge in [-0.3, -0.25) is 4.79 Å². The molecule has 1 rings (SSSR count). The van der Waals surface area contributed by atoms with Gasteiger partial charge in [-0.2, -0.15) is 13.2 Å². The van der Waals surface area contributed by atoms with Crippen molar-refractivity contribution in [2.24, 2.45) is 0 Å². The van der Waals surface area contributed by atoms with Gasteiger partial charge < -0.3 is 11.1 Å². The van der Waals surface area contributed by atoms with E-state index in [0.29, 0.717) is 0 Å². The smallest absolute Gasteiger partial charge is 0.391 e. The Labute approximate surface area is 107 Å². The van der Waals surface area contributed by atoms with E-state index in [0.717, 1.165) is 0 Å². The number of rotatable bonds is 3. The molecule has 0 aliphatic rings. The number of amides is 1. The van der Waals surface area contributed by atoms with Crippen LogP contribution in [-0.2, 0) is 0 Å². The fourth-order valence-corrected chi connectivity index (χ4v) is 1.61. The van der Waals surface area contributed by atoms with Gasteiger partial charge in [-0.25, -0.2) is 0 Å². The number of benzene rings is 1. The molecule has 1 atom stereocenters. The lowest BCUT2D eigenvalue weighted by Gasteiger charge is -2.16. The van der Waals surface area contributed by atoms with E-state index in [9.17, 15) is 18.0 Å². The summed E-state index contributed by atoms with van der Waals surface area (Å²) in [6, 6.07) is 3.36. The molecule has 0 radical (unpaired) electrons. The van der Waals surface area contributed by atoms with Crippen molar-refractivity contribution in [3.05, 3.63) is 28.8 Å². The first-order valence-electron chi connectivity index (χ1n) is 5.12. The Bertz CT molecular complexity index is 448. The second-order valence-electron chi connectivity index (χ2n) is 3.89. The van der Waals surface area contributed by atoms with Crippen LogP contribution in [0.15, 0.2) is 18.2 Å². The van der Waals surface area contributed by atoms with Crippen LogP contribution < -0.4 is 11.1 Å². The highest BCUT2D eigenvalue weighted by atomic mass is 35.5. The summed E-state index contributed by atoms with van der Waals surface area (Å²) in [5.74, 6) is -0.674. The Morgan fingerprint density at radius 1 is 1.50 bits per heavy atom. The molecule has 3 nitrogen and oxygen atoms in total. The van der Waals surface area contributed by atoms with E-state index < -0.39 is 24.5 Å². The lowest BCUT2D eigenvalue weighted by Crippen LogP contribution is -2.36. The van der Waals surface area contributed by atoms with Crippen molar-refractivity contribution in [3.8, 4) is 0 Å². The van der Waals surface area contributed by atoms with Gasteiger partial charge in [0.2, 0.25) is 0 Å². The fraction of sp³-hybridized carbons (Fsp3) is 0.364. The van der Waals surface area contributed by atoms with Gasteiger partial charge in [0.25, 0.3) is 5.91 Å². The average Bonchev–Trinajstić information content (AvgIpc) is 2.18. The molecule has 1 amide bonds. The molecule has 1 aromatic rings. The average molecular weight is 281 g/mol. The third-order valence-electron chi connectivity index (χ3n) is 2.21. The molecule has 3 N–H and O–H groups in total. The van der Waals surface area contributed by atoms with Crippen LogP contribution in [-0.4, -0.2) is 18.1 Å². The fourth-order valence-electron chi connectivity index (χ4n) is 1.43. The van der Waals surface area contributed by atoms with E-state index in [1.165, 1.54) is 25.1 Å². The third kappa shape index (κ3) is 4.10. The molecule has 0 bridgehead atoms. The van der Waals surface area contributed by atoms with Gasteiger partial charge in [-0.05, 0) is 19.1 Å². The minimum Gasteiger partial charge on any atom is -0.397 e. The van der Waals surface area contributed by atoms with Crippen LogP contribution in [0.5, 0.6) is 0 Å². The SMILES string of the molecule is CC(CC(F)(F)F)NC(=O)c1cccc(Cl)c1N. The topological polar surface area (TPSA) is 55.1 Å². The molecule has 0 saturated carbocycles. The molecule has 0 aliphatic carbocycles. The van der Waals surface area contributed by atoms with Crippen LogP contribution in [0.3, 0.4) is 0 Å². The predicted molar refractivity (Wildman–Crippen MR) is 63.5 cm³/mol. The molecule has 1 aromatic carbocycles. The second kappa shape index (κ2) is 5.48. The van der Waals surface area contributed by atoms with Crippen LogP contribution in [0.25, 0.3) is 0 Å². The summed E-state index contributed by atoms with van der Waals surface area (Å²) in [4.78, 5) is 11.7. The number of halogens is 4. The second-order valence-corrected chi connectivity index (χ2v) is 4.30. The quantitative estimate of drug-likeness (QED) is 0.836. The molecule has 0 saturated heterocycles. The van der Waals surface area contributed by atoms with E-state index in [1.54, 1.807) is 0 Å². The summed E-state index contributed by atoms with van der Waals surface area (Å²) in [6.45, 7) is 1.27. The summed E-state index contributed by atoms with van der Waals surface area (Å²) >= 11 is 5.72. The first-order valence-corrected chi connectivity index (χ1v) is 5.50. The molecular formula is C11H12ClF3N2O. The molecule has 0 aromatic heterocycles. The molecule has 7 heteroatoms. The van der Waals surface area contributed by atoms with Gasteiger partial charge >= 0.3 is 6.18 Å². The third-order valence-corrected chi connectivity index (χ3v) is 2.54. The van der Waals surface area contributed by atoms with E-state index in [-0.39, 0.29) is 16.3 Å². The van der Waals surface area contributed by atoms with E-state index in [4.69, 9.17) is 17.3 Å². The summed E-state index contributed by atoms with van der Waals surface area (Å²) in [6.07, 6.45) is -5.42. The first-order chi connectivity index (χ1) is 8.20. The molecule has 0 fully saturated rings. The summed E-state index contributed by atoms with van der Waals surface area (Å²) in [7, 11) is 0. The first kappa shape index (κ1) is 14.6. The summed E-state index contributed by atoms with van der Waals surface area (Å²) in [5.41, 5.74) is 5.69. The number of hydrogen-bond donors (Lipinski definition) is 2. The van der Waals surface area contributed by atoms with Crippen molar-refractivity contribution in [2.45, 2.75) is 25.6 Å². The monoisotopic (exact) mass is 280 g/mol. The van der Waals surface area contributed by atoms with Crippen LogP contribution in [0, 0.1) is 0 Å². The van der Waals surface area contributed by atoms with Gasteiger partial charge in [-0.15, -0.1) is 0 Å². The highest BCUT2D eigenvalue weighted by molar-refractivity contribution is 6.33. The molecule has 1 unspecified atom stereocenters. The standard InChI is InChI=1S/C11H12ClF3N2O/c1-6(5-11(13,14)15)17-10(18)7-3-2-4-8(12)9(7)16/h2-4,6H,5,16H2,1H3,(H,17,18). The maximum Gasteiger partial charge on any atom is 0.391 e. The molecule has 18 heavy (non-hydrogen) atoms. The van der Waals surface area contributed by atoms with E-state index in [1.807, 2.05) is 0 Å². The molecule has 0 spiro atoms. The Morgan fingerprint density at radius 2 is 2.11 bits per heavy atom. The predicted octanol–water partition coefficient (Wildman–Crippen LogP) is 2.99. The zero-order chi connectivity index (χ0) is 13.9. The largest absolute Gasteiger partial charge is 0.397 e. The maximum atomic E-state index is 12.1. The summed E-state index contributed by atoms with van der Waals surface area (Å²) in [5, 5.41) is 2.41. The number of hydrogen-bond acceptors (Lipinski definition) is 2. The number of anilines is 1. The number of carbonyl (C=O) groups is 1. The number of nitrogens with two attached hydrogens (primary N) is 1. The van der Waals surface area contributed by atoms with E-state index in [2.05, 4.69) is 5.32 Å². The molecular weight excluding hydrogens is 269 g/mol. The minimum atomic E-state index is -4.33. The number of para-hydroxylation sites is 1. The molecule has 0 aliphatic heterocycles. The Hall–Kier alpha value is -1.43. The number of carbonyl (C=O) groups excluding carboxylic acids is 1. The zero-order valence-electron chi connectivity index (χ0n) is 9.51. The Morgan fingerprint density at radius 3 is 2.67 bits per heavy atom. The van der Waals surface area contributed by atoms with E-state index >= 15 is 0 Å². The summed E-state index contributed by atoms with van der Waals surface area (Å²) < 4.78 is 36.3. The normalized spacial score (nSPS) is 13.2. The lowest BCUT2D eigenvalue weighted by atomic mass is 10.1. The Balaban J connectivity index is 2.74. The van der Waals surface area contributed by atoms with Gasteiger partial charge in [0, 0.05) is 6.04 Å². The van der Waals surface area contributed by atoms with Crippen LogP contribution in [0.1, 0.15) is 23.7 Å². The van der Waals surface area contributed by atoms with Crippen molar-refractivity contribution in [3.63, 3.8) is 0 Å². The number of alkyl halides is 3. The van der Waals surface area contributed by atoms with Crippen molar-refractivity contribution < 1.29 is 18.0 Å². The lowest BCUT2D eigenvalue weighted by molar-refractivity contribution is -0.138. The van der Waals surface area contributed by atoms with Crippen LogP contribution in [0.2, 0.25) is 5.02 Å². The van der Waals surface area contributed by atoms with Crippen molar-refractivity contribution >= 4 is 23.2 Å². The highest BCUT2D eigenvalue weighted by Crippen LogP contribution is 2.24. The van der Waals surface area contributed by atoms with Crippen molar-refractivity contribution in [1.82, 2.24) is 5.32 Å². The van der Waals surface area contributed by atoms with Gasteiger partial charge in [0.15, 0.2) is 0 Å². The number of nitrogens with one attached hydrogen (secondary N) is 1. The Kier molecular flexibility index (Phi) is 4.45. The van der Waals surface area contributed by atoms with Gasteiger partial charge in [0.1, 0.15) is 0 Å². The van der Waals surface area contributed by atoms with Crippen molar-refractivity contribution in [1.29, 1.82) is 0 Å². The van der Waals surface area contributed by atoms with Crippen LogP contribution in [0.4, 0.5) is 18.9 Å².